The van der Waals surface area contributed by atoms with E-state index in [1.165, 1.54) is 0 Å². The van der Waals surface area contributed by atoms with Gasteiger partial charge in [-0.3, -0.25) is 14.5 Å². The summed E-state index contributed by atoms with van der Waals surface area (Å²) in [7, 11) is 1.77. The van der Waals surface area contributed by atoms with Gasteiger partial charge in [-0.15, -0.1) is 0 Å². The summed E-state index contributed by atoms with van der Waals surface area (Å²) in [6.07, 6.45) is 4.03. The Morgan fingerprint density at radius 3 is 3.00 bits per heavy atom. The summed E-state index contributed by atoms with van der Waals surface area (Å²) in [6, 6.07) is 5.52. The zero-order chi connectivity index (χ0) is 16.5. The van der Waals surface area contributed by atoms with Gasteiger partial charge in [-0.2, -0.15) is 5.10 Å². The molecule has 1 N–H and O–H groups in total. The predicted octanol–water partition coefficient (Wildman–Crippen LogP) is 1.80. The van der Waals surface area contributed by atoms with Crippen LogP contribution < -0.4 is 5.32 Å². The number of aryl methyl sites for hydroxylation is 1. The minimum atomic E-state index is -0.338. The smallest absolute Gasteiger partial charge is 0.279 e. The van der Waals surface area contributed by atoms with Gasteiger partial charge in [0.1, 0.15) is 11.6 Å². The lowest BCUT2D eigenvalue weighted by Crippen LogP contribution is -2.18. The van der Waals surface area contributed by atoms with E-state index in [2.05, 4.69) is 20.6 Å². The lowest BCUT2D eigenvalue weighted by molar-refractivity contribution is 0.0975. The van der Waals surface area contributed by atoms with Crippen LogP contribution in [0, 0.1) is 0 Å². The standard InChI is InChI=1S/C16H15N5O3/c1-21-14(8-12(19-21)10-2-5-17-6-3-10)18-16(22)15-11-9-23-7-4-13(11)24-20-15/h2-3,5-6,8H,4,7,9H2,1H3,(H,18,22). The molecule has 0 spiro atoms. The zero-order valence-corrected chi connectivity index (χ0v) is 13.0. The van der Waals surface area contributed by atoms with Gasteiger partial charge in [0.25, 0.3) is 5.91 Å². The van der Waals surface area contributed by atoms with Crippen molar-refractivity contribution < 1.29 is 14.1 Å². The summed E-state index contributed by atoms with van der Waals surface area (Å²) in [5.74, 6) is 0.948. The third kappa shape index (κ3) is 2.56. The summed E-state index contributed by atoms with van der Waals surface area (Å²) < 4.78 is 12.2. The number of hydrogen-bond acceptors (Lipinski definition) is 6. The molecule has 0 unspecified atom stereocenters. The Bertz CT molecular complexity index is 885. The lowest BCUT2D eigenvalue weighted by Gasteiger charge is -2.10. The second-order valence-corrected chi connectivity index (χ2v) is 5.46. The molecule has 0 saturated carbocycles. The molecule has 0 aromatic carbocycles. The van der Waals surface area contributed by atoms with Gasteiger partial charge in [-0.1, -0.05) is 5.16 Å². The molecule has 122 valence electrons. The summed E-state index contributed by atoms with van der Waals surface area (Å²) in [4.78, 5) is 16.5. The SMILES string of the molecule is Cn1nc(-c2ccncc2)cc1NC(=O)c1noc2c1COCC2. The van der Waals surface area contributed by atoms with Crippen LogP contribution in [0.1, 0.15) is 21.8 Å². The number of amides is 1. The molecule has 0 atom stereocenters. The molecule has 3 aromatic heterocycles. The zero-order valence-electron chi connectivity index (χ0n) is 13.0. The number of nitrogens with zero attached hydrogens (tertiary/aromatic N) is 4. The Labute approximate surface area is 137 Å². The Kier molecular flexibility index (Phi) is 3.58. The fourth-order valence-corrected chi connectivity index (χ4v) is 2.63. The van der Waals surface area contributed by atoms with Crippen LogP contribution in [0.5, 0.6) is 0 Å². The number of aromatic nitrogens is 4. The lowest BCUT2D eigenvalue weighted by atomic mass is 10.1. The largest absolute Gasteiger partial charge is 0.376 e. The Morgan fingerprint density at radius 2 is 2.17 bits per heavy atom. The van der Waals surface area contributed by atoms with Crippen LogP contribution in [-0.4, -0.2) is 32.4 Å². The number of rotatable bonds is 3. The predicted molar refractivity (Wildman–Crippen MR) is 84.3 cm³/mol. The van der Waals surface area contributed by atoms with Crippen LogP contribution in [-0.2, 0) is 24.8 Å². The first-order chi connectivity index (χ1) is 11.7. The molecule has 8 heteroatoms. The number of nitrogens with one attached hydrogen (secondary N) is 1. The number of anilines is 1. The molecule has 0 fully saturated rings. The monoisotopic (exact) mass is 325 g/mol. The fourth-order valence-electron chi connectivity index (χ4n) is 2.63. The van der Waals surface area contributed by atoms with Crippen LogP contribution in [0.2, 0.25) is 0 Å². The van der Waals surface area contributed by atoms with Crippen molar-refractivity contribution in [2.24, 2.45) is 7.05 Å². The average molecular weight is 325 g/mol. The van der Waals surface area contributed by atoms with E-state index < -0.39 is 0 Å². The topological polar surface area (TPSA) is 95.1 Å². The molecule has 3 aromatic rings. The van der Waals surface area contributed by atoms with Crippen molar-refractivity contribution in [1.29, 1.82) is 0 Å². The minimum absolute atomic E-state index is 0.261. The van der Waals surface area contributed by atoms with Crippen LogP contribution in [0.25, 0.3) is 11.3 Å². The molecule has 0 saturated heterocycles. The Hall–Kier alpha value is -3.00. The van der Waals surface area contributed by atoms with E-state index in [1.807, 2.05) is 12.1 Å². The van der Waals surface area contributed by atoms with Crippen molar-refractivity contribution >= 4 is 11.7 Å². The van der Waals surface area contributed by atoms with E-state index in [9.17, 15) is 4.79 Å². The molecule has 0 radical (unpaired) electrons. The number of hydrogen-bond donors (Lipinski definition) is 1. The molecule has 1 amide bonds. The summed E-state index contributed by atoms with van der Waals surface area (Å²) >= 11 is 0. The van der Waals surface area contributed by atoms with Crippen LogP contribution in [0.4, 0.5) is 5.82 Å². The maximum absolute atomic E-state index is 12.5. The number of fused-ring (bicyclic) bond motifs is 1. The molecule has 0 aliphatic carbocycles. The van der Waals surface area contributed by atoms with E-state index in [0.717, 1.165) is 16.8 Å². The summed E-state index contributed by atoms with van der Waals surface area (Å²) in [5.41, 5.74) is 2.65. The average Bonchev–Trinajstić information content (AvgIpc) is 3.20. The Morgan fingerprint density at radius 1 is 1.33 bits per heavy atom. The molecule has 1 aliphatic rings. The van der Waals surface area contributed by atoms with Crippen molar-refractivity contribution in [3.8, 4) is 11.3 Å². The molecule has 4 heterocycles. The molecule has 0 bridgehead atoms. The third-order valence-corrected chi connectivity index (χ3v) is 3.90. The van der Waals surface area contributed by atoms with E-state index in [0.29, 0.717) is 31.2 Å². The van der Waals surface area contributed by atoms with Crippen molar-refractivity contribution in [3.63, 3.8) is 0 Å². The summed E-state index contributed by atoms with van der Waals surface area (Å²) in [5, 5.41) is 11.1. The normalized spacial score (nSPS) is 13.5. The fraction of sp³-hybridized carbons (Fsp3) is 0.250. The maximum atomic E-state index is 12.5. The van der Waals surface area contributed by atoms with Crippen molar-refractivity contribution in [2.45, 2.75) is 13.0 Å². The second kappa shape index (κ2) is 5.89. The van der Waals surface area contributed by atoms with Crippen LogP contribution in [0.15, 0.2) is 35.1 Å². The van der Waals surface area contributed by atoms with Crippen molar-refractivity contribution in [1.82, 2.24) is 19.9 Å². The second-order valence-electron chi connectivity index (χ2n) is 5.46. The van der Waals surface area contributed by atoms with E-state index in [1.54, 1.807) is 30.2 Å². The first-order valence-electron chi connectivity index (χ1n) is 7.53. The number of pyridine rings is 1. The highest BCUT2D eigenvalue weighted by Crippen LogP contribution is 2.23. The highest BCUT2D eigenvalue weighted by atomic mass is 16.5. The maximum Gasteiger partial charge on any atom is 0.279 e. The molecule has 4 rings (SSSR count). The van der Waals surface area contributed by atoms with Crippen LogP contribution in [0.3, 0.4) is 0 Å². The molecular formula is C16H15N5O3. The van der Waals surface area contributed by atoms with Gasteiger partial charge in [-0.05, 0) is 12.1 Å². The van der Waals surface area contributed by atoms with Crippen molar-refractivity contribution in [2.75, 3.05) is 11.9 Å². The quantitative estimate of drug-likeness (QED) is 0.789. The van der Waals surface area contributed by atoms with Gasteiger partial charge >= 0.3 is 0 Å². The Balaban J connectivity index is 1.58. The van der Waals surface area contributed by atoms with E-state index in [-0.39, 0.29) is 11.6 Å². The van der Waals surface area contributed by atoms with Gasteiger partial charge < -0.3 is 14.6 Å². The van der Waals surface area contributed by atoms with Crippen LogP contribution >= 0.6 is 0 Å². The minimum Gasteiger partial charge on any atom is -0.376 e. The van der Waals surface area contributed by atoms with Gasteiger partial charge in [-0.25, -0.2) is 0 Å². The number of carbonyl (C=O) groups excluding carboxylic acids is 1. The molecular weight excluding hydrogens is 310 g/mol. The highest BCUT2D eigenvalue weighted by Gasteiger charge is 2.25. The number of ether oxygens (including phenoxy) is 1. The van der Waals surface area contributed by atoms with Gasteiger partial charge in [0.05, 0.1) is 24.5 Å². The first kappa shape index (κ1) is 14.6. The van der Waals surface area contributed by atoms with Crippen molar-refractivity contribution in [3.05, 3.63) is 47.6 Å². The highest BCUT2D eigenvalue weighted by molar-refractivity contribution is 6.03. The molecule has 8 nitrogen and oxygen atoms in total. The third-order valence-electron chi connectivity index (χ3n) is 3.90. The first-order valence-corrected chi connectivity index (χ1v) is 7.53. The molecule has 24 heavy (non-hydrogen) atoms. The summed E-state index contributed by atoms with van der Waals surface area (Å²) in [6.45, 7) is 0.926. The van der Waals surface area contributed by atoms with E-state index >= 15 is 0 Å². The van der Waals surface area contributed by atoms with Gasteiger partial charge in [0, 0.05) is 37.5 Å². The number of carbonyl (C=O) groups is 1. The van der Waals surface area contributed by atoms with E-state index in [4.69, 9.17) is 9.26 Å². The van der Waals surface area contributed by atoms with Gasteiger partial charge in [0.15, 0.2) is 5.69 Å². The molecule has 1 aliphatic heterocycles. The van der Waals surface area contributed by atoms with Gasteiger partial charge in [0.2, 0.25) is 0 Å².